The van der Waals surface area contributed by atoms with E-state index in [1.807, 2.05) is 45.0 Å². The Morgan fingerprint density at radius 2 is 1.74 bits per heavy atom. The molecule has 0 aliphatic carbocycles. The first-order valence-electron chi connectivity index (χ1n) is 6.71. The molecular weight excluding hydrogens is 240 g/mol. The van der Waals surface area contributed by atoms with Crippen LogP contribution in [0.5, 0.6) is 0 Å². The molecule has 1 saturated heterocycles. The summed E-state index contributed by atoms with van der Waals surface area (Å²) in [5.74, 6) is -0.114. The Kier molecular flexibility index (Phi) is 3.88. The van der Waals surface area contributed by atoms with Gasteiger partial charge in [0.05, 0.1) is 5.69 Å². The molecule has 19 heavy (non-hydrogen) atoms. The monoisotopic (exact) mass is 260 g/mol. The van der Waals surface area contributed by atoms with E-state index < -0.39 is 0 Å². The van der Waals surface area contributed by atoms with E-state index in [-0.39, 0.29) is 18.0 Å². The van der Waals surface area contributed by atoms with Crippen molar-refractivity contribution < 1.29 is 9.59 Å². The lowest BCUT2D eigenvalue weighted by molar-refractivity contribution is -0.117. The van der Waals surface area contributed by atoms with Crippen LogP contribution in [0.4, 0.5) is 10.5 Å². The zero-order valence-corrected chi connectivity index (χ0v) is 11.7. The van der Waals surface area contributed by atoms with Gasteiger partial charge < -0.3 is 4.90 Å². The zero-order valence-electron chi connectivity index (χ0n) is 11.7. The van der Waals surface area contributed by atoms with E-state index in [0.29, 0.717) is 18.7 Å². The second kappa shape index (κ2) is 5.43. The van der Waals surface area contributed by atoms with Crippen molar-refractivity contribution in [3.8, 4) is 0 Å². The summed E-state index contributed by atoms with van der Waals surface area (Å²) < 4.78 is 0. The van der Waals surface area contributed by atoms with Gasteiger partial charge in [-0.3, -0.25) is 4.79 Å². The molecule has 1 aliphatic rings. The van der Waals surface area contributed by atoms with Gasteiger partial charge in [-0.15, -0.1) is 0 Å². The number of amides is 3. The van der Waals surface area contributed by atoms with Gasteiger partial charge in [-0.05, 0) is 39.3 Å². The van der Waals surface area contributed by atoms with Crippen molar-refractivity contribution in [1.29, 1.82) is 0 Å². The van der Waals surface area contributed by atoms with E-state index in [1.54, 1.807) is 4.90 Å². The minimum absolute atomic E-state index is 0.103. The number of imide groups is 1. The Morgan fingerprint density at radius 1 is 1.11 bits per heavy atom. The fourth-order valence-corrected chi connectivity index (χ4v) is 2.27. The minimum atomic E-state index is -0.207. The van der Waals surface area contributed by atoms with Crippen molar-refractivity contribution in [3.63, 3.8) is 0 Å². The van der Waals surface area contributed by atoms with Crippen LogP contribution < -0.4 is 4.90 Å². The summed E-state index contributed by atoms with van der Waals surface area (Å²) in [6.07, 6.45) is 1.15. The van der Waals surface area contributed by atoms with Gasteiger partial charge in [0.15, 0.2) is 0 Å². The molecule has 0 spiro atoms. The summed E-state index contributed by atoms with van der Waals surface area (Å²) in [4.78, 5) is 27.7. The lowest BCUT2D eigenvalue weighted by atomic mass is 10.2. The smallest absolute Gasteiger partial charge is 0.322 e. The predicted molar refractivity (Wildman–Crippen MR) is 75.1 cm³/mol. The third-order valence-electron chi connectivity index (χ3n) is 3.39. The molecule has 1 aromatic carbocycles. The largest absolute Gasteiger partial charge is 0.331 e. The Bertz CT molecular complexity index is 479. The number of hydrogen-bond donors (Lipinski definition) is 0. The Labute approximate surface area is 114 Å². The molecule has 4 heteroatoms. The predicted octanol–water partition coefficient (Wildman–Crippen LogP) is 2.95. The molecule has 1 aliphatic heterocycles. The molecule has 4 nitrogen and oxygen atoms in total. The molecule has 1 aromatic rings. The SMILES string of the molecule is Cc1ccc(N2C(=O)CCCN(C(C)C)C2=O)cc1. The Balaban J connectivity index is 2.36. The second-order valence-corrected chi connectivity index (χ2v) is 5.24. The molecule has 1 fully saturated rings. The summed E-state index contributed by atoms with van der Waals surface area (Å²) in [5, 5.41) is 0. The molecule has 0 unspecified atom stereocenters. The highest BCUT2D eigenvalue weighted by Crippen LogP contribution is 2.22. The fraction of sp³-hybridized carbons (Fsp3) is 0.467. The van der Waals surface area contributed by atoms with Crippen LogP contribution in [0.25, 0.3) is 0 Å². The highest BCUT2D eigenvalue weighted by atomic mass is 16.2. The minimum Gasteiger partial charge on any atom is -0.322 e. The van der Waals surface area contributed by atoms with Gasteiger partial charge in [0.2, 0.25) is 5.91 Å². The topological polar surface area (TPSA) is 40.6 Å². The molecule has 0 saturated carbocycles. The number of rotatable bonds is 2. The molecule has 1 heterocycles. The number of anilines is 1. The van der Waals surface area contributed by atoms with E-state index >= 15 is 0 Å². The van der Waals surface area contributed by atoms with E-state index in [2.05, 4.69) is 0 Å². The number of carbonyl (C=O) groups is 2. The zero-order chi connectivity index (χ0) is 14.0. The van der Waals surface area contributed by atoms with Crippen molar-refractivity contribution >= 4 is 17.6 Å². The molecule has 2 rings (SSSR count). The van der Waals surface area contributed by atoms with Crippen molar-refractivity contribution in [3.05, 3.63) is 29.8 Å². The van der Waals surface area contributed by atoms with Gasteiger partial charge >= 0.3 is 6.03 Å². The molecule has 3 amide bonds. The van der Waals surface area contributed by atoms with Gasteiger partial charge in [0.25, 0.3) is 0 Å². The van der Waals surface area contributed by atoms with Crippen LogP contribution in [-0.4, -0.2) is 29.4 Å². The highest BCUT2D eigenvalue weighted by molar-refractivity contribution is 6.14. The first-order valence-corrected chi connectivity index (χ1v) is 6.71. The van der Waals surface area contributed by atoms with Crippen molar-refractivity contribution in [2.75, 3.05) is 11.4 Å². The first kappa shape index (κ1) is 13.6. The van der Waals surface area contributed by atoms with E-state index in [4.69, 9.17) is 0 Å². The third kappa shape index (κ3) is 2.78. The number of urea groups is 1. The number of aryl methyl sites for hydroxylation is 1. The summed E-state index contributed by atoms with van der Waals surface area (Å²) >= 11 is 0. The Morgan fingerprint density at radius 3 is 2.32 bits per heavy atom. The summed E-state index contributed by atoms with van der Waals surface area (Å²) in [6.45, 7) is 6.57. The molecular formula is C15H20N2O2. The highest BCUT2D eigenvalue weighted by Gasteiger charge is 2.31. The van der Waals surface area contributed by atoms with Crippen molar-refractivity contribution in [1.82, 2.24) is 4.90 Å². The Hall–Kier alpha value is -1.84. The van der Waals surface area contributed by atoms with Crippen LogP contribution in [0.3, 0.4) is 0 Å². The first-order chi connectivity index (χ1) is 9.00. The van der Waals surface area contributed by atoms with Crippen LogP contribution in [0.15, 0.2) is 24.3 Å². The van der Waals surface area contributed by atoms with Crippen LogP contribution >= 0.6 is 0 Å². The lowest BCUT2D eigenvalue weighted by Gasteiger charge is -2.29. The normalized spacial score (nSPS) is 17.1. The quantitative estimate of drug-likeness (QED) is 0.820. The molecule has 0 atom stereocenters. The summed E-state index contributed by atoms with van der Waals surface area (Å²) in [5.41, 5.74) is 1.77. The van der Waals surface area contributed by atoms with E-state index in [9.17, 15) is 9.59 Å². The average molecular weight is 260 g/mol. The summed E-state index contributed by atoms with van der Waals surface area (Å²) in [6, 6.07) is 7.39. The maximum atomic E-state index is 12.5. The van der Waals surface area contributed by atoms with Gasteiger partial charge in [-0.25, -0.2) is 9.69 Å². The second-order valence-electron chi connectivity index (χ2n) is 5.24. The lowest BCUT2D eigenvalue weighted by Crippen LogP contribution is -2.47. The van der Waals surface area contributed by atoms with Crippen molar-refractivity contribution in [2.45, 2.75) is 39.7 Å². The van der Waals surface area contributed by atoms with Crippen LogP contribution in [0, 0.1) is 6.92 Å². The number of nitrogens with zero attached hydrogens (tertiary/aromatic N) is 2. The standard InChI is InChI=1S/C15H20N2O2/c1-11(2)16-10-4-5-14(18)17(15(16)19)13-8-6-12(3)7-9-13/h6-9,11H,4-5,10H2,1-3H3. The van der Waals surface area contributed by atoms with E-state index in [1.165, 1.54) is 4.90 Å². The molecule has 0 radical (unpaired) electrons. The van der Waals surface area contributed by atoms with Gasteiger partial charge in [-0.2, -0.15) is 0 Å². The number of benzene rings is 1. The van der Waals surface area contributed by atoms with Crippen LogP contribution in [-0.2, 0) is 4.79 Å². The maximum absolute atomic E-state index is 12.5. The van der Waals surface area contributed by atoms with Gasteiger partial charge in [0, 0.05) is 19.0 Å². The molecule has 0 N–H and O–H groups in total. The van der Waals surface area contributed by atoms with Gasteiger partial charge in [-0.1, -0.05) is 17.7 Å². The van der Waals surface area contributed by atoms with Crippen LogP contribution in [0.2, 0.25) is 0 Å². The fourth-order valence-electron chi connectivity index (χ4n) is 2.27. The molecule has 102 valence electrons. The average Bonchev–Trinajstić information content (AvgIpc) is 2.50. The number of carbonyl (C=O) groups excluding carboxylic acids is 2. The third-order valence-corrected chi connectivity index (χ3v) is 3.39. The van der Waals surface area contributed by atoms with Crippen molar-refractivity contribution in [2.24, 2.45) is 0 Å². The van der Waals surface area contributed by atoms with E-state index in [0.717, 1.165) is 12.0 Å². The van der Waals surface area contributed by atoms with Crippen LogP contribution in [0.1, 0.15) is 32.3 Å². The number of hydrogen-bond acceptors (Lipinski definition) is 2. The summed E-state index contributed by atoms with van der Waals surface area (Å²) in [7, 11) is 0. The molecule has 0 bridgehead atoms. The van der Waals surface area contributed by atoms with Gasteiger partial charge in [0.1, 0.15) is 0 Å². The molecule has 0 aromatic heterocycles. The maximum Gasteiger partial charge on any atom is 0.331 e.